The van der Waals surface area contributed by atoms with Gasteiger partial charge in [-0.1, -0.05) is 18.2 Å². The van der Waals surface area contributed by atoms with Crippen LogP contribution in [0.25, 0.3) is 18.3 Å². The minimum absolute atomic E-state index is 0.101. The Bertz CT molecular complexity index is 1360. The molecule has 0 atom stereocenters. The van der Waals surface area contributed by atoms with Gasteiger partial charge in [0.2, 0.25) is 0 Å². The van der Waals surface area contributed by atoms with Crippen molar-refractivity contribution in [2.24, 2.45) is 7.05 Å². The van der Waals surface area contributed by atoms with E-state index in [9.17, 15) is 14.4 Å². The van der Waals surface area contributed by atoms with Crippen LogP contribution in [0.4, 0.5) is 5.69 Å². The number of hydrogen-bond donors (Lipinski definition) is 1. The number of nitrogens with zero attached hydrogens (tertiary/aromatic N) is 3. The molecule has 0 fully saturated rings. The van der Waals surface area contributed by atoms with Gasteiger partial charge < -0.3 is 10.0 Å². The second-order valence-electron chi connectivity index (χ2n) is 7.30. The van der Waals surface area contributed by atoms with E-state index in [1.54, 1.807) is 6.08 Å². The predicted octanol–water partition coefficient (Wildman–Crippen LogP) is 0.848. The van der Waals surface area contributed by atoms with Crippen molar-refractivity contribution < 1.29 is 9.90 Å². The first-order valence-corrected chi connectivity index (χ1v) is 9.26. The summed E-state index contributed by atoms with van der Waals surface area (Å²) in [5, 5.41) is 9.62. The smallest absolute Gasteiger partial charge is 0.335 e. The highest BCUT2D eigenvalue weighted by atomic mass is 16.4. The van der Waals surface area contributed by atoms with Crippen molar-refractivity contribution in [2.45, 2.75) is 6.92 Å². The number of aryl methyl sites for hydroxylation is 1. The first kappa shape index (κ1) is 20.9. The molecule has 0 unspecified atom stereocenters. The third-order valence-corrected chi connectivity index (χ3v) is 4.93. The van der Waals surface area contributed by atoms with Crippen molar-refractivity contribution in [1.29, 1.82) is 0 Å². The first-order valence-electron chi connectivity index (χ1n) is 9.26. The molecule has 0 aliphatic heterocycles. The van der Waals surface area contributed by atoms with E-state index in [0.29, 0.717) is 5.69 Å². The minimum Gasteiger partial charge on any atom is -0.478 e. The Kier molecular flexibility index (Phi) is 5.47. The summed E-state index contributed by atoms with van der Waals surface area (Å²) in [7, 11) is 5.24. The second-order valence-corrected chi connectivity index (χ2v) is 7.30. The highest BCUT2D eigenvalue weighted by Crippen LogP contribution is 2.20. The Morgan fingerprint density at radius 1 is 1.10 bits per heavy atom. The molecule has 154 valence electrons. The average molecular weight is 405 g/mol. The number of rotatable bonds is 4. The molecule has 0 aliphatic carbocycles. The molecule has 0 aliphatic rings. The van der Waals surface area contributed by atoms with E-state index < -0.39 is 17.2 Å². The van der Waals surface area contributed by atoms with Crippen LogP contribution in [0.3, 0.4) is 0 Å². The molecule has 0 spiro atoms. The lowest BCUT2D eigenvalue weighted by Gasteiger charge is -2.16. The Labute approximate surface area is 173 Å². The normalized spacial score (nSPS) is 11.5. The molecule has 0 saturated heterocycles. The van der Waals surface area contributed by atoms with Gasteiger partial charge in [-0.2, -0.15) is 0 Å². The highest BCUT2D eigenvalue weighted by molar-refractivity contribution is 5.87. The van der Waals surface area contributed by atoms with Gasteiger partial charge >= 0.3 is 11.7 Å². The molecule has 0 bridgehead atoms. The molecule has 1 N–H and O–H groups in total. The minimum atomic E-state index is -1.06. The van der Waals surface area contributed by atoms with Gasteiger partial charge in [-0.3, -0.25) is 13.9 Å². The van der Waals surface area contributed by atoms with Crippen molar-refractivity contribution >= 4 is 24.3 Å². The lowest BCUT2D eigenvalue weighted by Crippen LogP contribution is -2.56. The summed E-state index contributed by atoms with van der Waals surface area (Å²) in [4.78, 5) is 38.8. The standard InChI is InChI=1S/C23H23N3O4/c1-14-6-11-20(24(3)4)17(12-14)13-19-15(2)26(23(30)25(5)21(19)27)18-9-7-16(8-10-18)22(28)29/h6-13H,2H2,1,3-5H3,(H,28,29). The van der Waals surface area contributed by atoms with Gasteiger partial charge in [0, 0.05) is 26.8 Å². The zero-order chi connectivity index (χ0) is 22.2. The largest absolute Gasteiger partial charge is 0.478 e. The van der Waals surface area contributed by atoms with Crippen molar-refractivity contribution in [3.05, 3.63) is 90.6 Å². The van der Waals surface area contributed by atoms with Crippen LogP contribution in [0, 0.1) is 6.92 Å². The molecule has 0 saturated carbocycles. The zero-order valence-corrected chi connectivity index (χ0v) is 17.3. The van der Waals surface area contributed by atoms with Gasteiger partial charge in [-0.25, -0.2) is 9.59 Å². The monoisotopic (exact) mass is 405 g/mol. The van der Waals surface area contributed by atoms with Gasteiger partial charge in [-0.05, 0) is 55.0 Å². The summed E-state index contributed by atoms with van der Waals surface area (Å²) in [6, 6.07) is 11.8. The molecule has 0 amide bonds. The van der Waals surface area contributed by atoms with Crippen LogP contribution in [-0.2, 0) is 7.05 Å². The van der Waals surface area contributed by atoms with E-state index in [1.807, 2.05) is 44.1 Å². The van der Waals surface area contributed by atoms with Gasteiger partial charge in [0.05, 0.1) is 21.8 Å². The van der Waals surface area contributed by atoms with Gasteiger partial charge in [-0.15, -0.1) is 0 Å². The number of carboxylic acids is 1. The summed E-state index contributed by atoms with van der Waals surface area (Å²) in [5.41, 5.74) is 2.31. The summed E-state index contributed by atoms with van der Waals surface area (Å²) >= 11 is 0. The summed E-state index contributed by atoms with van der Waals surface area (Å²) < 4.78 is 2.33. The Morgan fingerprint density at radius 3 is 2.30 bits per heavy atom. The molecule has 2 aromatic carbocycles. The van der Waals surface area contributed by atoms with E-state index in [4.69, 9.17) is 5.11 Å². The molecule has 1 heterocycles. The van der Waals surface area contributed by atoms with E-state index in [2.05, 4.69) is 6.58 Å². The summed E-state index contributed by atoms with van der Waals surface area (Å²) in [6.45, 7) is 5.96. The van der Waals surface area contributed by atoms with Crippen LogP contribution >= 0.6 is 0 Å². The van der Waals surface area contributed by atoms with Crippen LogP contribution in [0.5, 0.6) is 0 Å². The number of anilines is 1. The molecular formula is C23H23N3O4. The Balaban J connectivity index is 2.37. The van der Waals surface area contributed by atoms with Crippen LogP contribution in [0.1, 0.15) is 21.5 Å². The molecule has 30 heavy (non-hydrogen) atoms. The number of benzene rings is 2. The van der Waals surface area contributed by atoms with Crippen LogP contribution in [-0.4, -0.2) is 34.3 Å². The topological polar surface area (TPSA) is 84.5 Å². The lowest BCUT2D eigenvalue weighted by atomic mass is 10.1. The maximum absolute atomic E-state index is 12.9. The van der Waals surface area contributed by atoms with Crippen LogP contribution < -0.4 is 26.7 Å². The van der Waals surface area contributed by atoms with E-state index in [0.717, 1.165) is 21.4 Å². The first-order chi connectivity index (χ1) is 14.1. The van der Waals surface area contributed by atoms with Crippen molar-refractivity contribution in [1.82, 2.24) is 9.13 Å². The number of aromatic nitrogens is 2. The fourth-order valence-corrected chi connectivity index (χ4v) is 3.29. The maximum Gasteiger partial charge on any atom is 0.335 e. The van der Waals surface area contributed by atoms with Gasteiger partial charge in [0.1, 0.15) is 0 Å². The molecule has 7 heteroatoms. The SMILES string of the molecule is C=c1c(=Cc2cc(C)ccc2N(C)C)c(=O)n(C)c(=O)n1-c1ccc(C(=O)O)cc1. The number of hydrogen-bond acceptors (Lipinski definition) is 4. The predicted molar refractivity (Wildman–Crippen MR) is 118 cm³/mol. The van der Waals surface area contributed by atoms with Crippen LogP contribution in [0.15, 0.2) is 52.1 Å². The lowest BCUT2D eigenvalue weighted by molar-refractivity contribution is 0.0697. The van der Waals surface area contributed by atoms with E-state index in [1.165, 1.54) is 35.9 Å². The highest BCUT2D eigenvalue weighted by Gasteiger charge is 2.11. The molecule has 3 aromatic rings. The molecule has 1 aromatic heterocycles. The molecule has 3 rings (SSSR count). The fourth-order valence-electron chi connectivity index (χ4n) is 3.29. The van der Waals surface area contributed by atoms with Crippen molar-refractivity contribution in [3.8, 4) is 5.69 Å². The third kappa shape index (κ3) is 3.69. The molecule has 0 radical (unpaired) electrons. The average Bonchev–Trinajstić information content (AvgIpc) is 2.70. The van der Waals surface area contributed by atoms with Crippen molar-refractivity contribution in [2.75, 3.05) is 19.0 Å². The van der Waals surface area contributed by atoms with E-state index >= 15 is 0 Å². The second kappa shape index (κ2) is 7.87. The van der Waals surface area contributed by atoms with Gasteiger partial charge in [0.25, 0.3) is 5.56 Å². The molecular weight excluding hydrogens is 382 g/mol. The molecule has 7 nitrogen and oxygen atoms in total. The van der Waals surface area contributed by atoms with E-state index in [-0.39, 0.29) is 16.1 Å². The fraction of sp³-hybridized carbons (Fsp3) is 0.174. The van der Waals surface area contributed by atoms with Gasteiger partial charge in [0.15, 0.2) is 0 Å². The van der Waals surface area contributed by atoms with Crippen molar-refractivity contribution in [3.63, 3.8) is 0 Å². The number of aromatic carboxylic acids is 1. The Morgan fingerprint density at radius 2 is 1.73 bits per heavy atom. The zero-order valence-electron chi connectivity index (χ0n) is 17.3. The number of carboxylic acid groups (broad SMARTS) is 1. The van der Waals surface area contributed by atoms with Crippen LogP contribution in [0.2, 0.25) is 0 Å². The Hall–Kier alpha value is -3.87. The summed E-state index contributed by atoms with van der Waals surface area (Å²) in [5.74, 6) is -1.06. The quantitative estimate of drug-likeness (QED) is 0.696. The number of carbonyl (C=O) groups is 1. The third-order valence-electron chi connectivity index (χ3n) is 4.93. The maximum atomic E-state index is 12.9. The summed E-state index contributed by atoms with van der Waals surface area (Å²) in [6.07, 6.45) is 1.73.